The molecule has 1 aromatic heterocycles. The molecule has 0 saturated heterocycles. The largest absolute Gasteiger partial charge is 0.478 e. The highest BCUT2D eigenvalue weighted by molar-refractivity contribution is 5.94. The average molecular weight is 284 g/mol. The zero-order chi connectivity index (χ0) is 15.1. The van der Waals surface area contributed by atoms with Crippen LogP contribution in [0.25, 0.3) is 11.3 Å². The van der Waals surface area contributed by atoms with Crippen LogP contribution in [0.4, 0.5) is 13.2 Å². The Labute approximate surface area is 112 Å². The smallest absolute Gasteiger partial charge is 0.416 e. The van der Waals surface area contributed by atoms with Crippen molar-refractivity contribution in [3.63, 3.8) is 0 Å². The van der Waals surface area contributed by atoms with Gasteiger partial charge in [-0.2, -0.15) is 18.3 Å². The van der Waals surface area contributed by atoms with Gasteiger partial charge in [0, 0.05) is 12.6 Å². The lowest BCUT2D eigenvalue weighted by Crippen LogP contribution is -2.08. The van der Waals surface area contributed by atoms with Crippen molar-refractivity contribution in [2.24, 2.45) is 7.05 Å². The third-order valence-electron chi connectivity index (χ3n) is 2.99. The number of hydrogen-bond acceptors (Lipinski definition) is 2. The van der Waals surface area contributed by atoms with Gasteiger partial charge in [0.1, 0.15) is 5.56 Å². The number of aryl methyl sites for hydroxylation is 2. The molecule has 0 saturated carbocycles. The standard InChI is InChI=1S/C13H11F3N2O2/c1-7-3-4-8(5-10(7)13(14,15)16)11-9(12(19)20)6-17-18(11)2/h3-6H,1-2H3,(H,19,20). The van der Waals surface area contributed by atoms with Gasteiger partial charge in [-0.15, -0.1) is 0 Å². The second-order valence-corrected chi connectivity index (χ2v) is 4.36. The first-order valence-electron chi connectivity index (χ1n) is 5.65. The number of halogens is 3. The fourth-order valence-electron chi connectivity index (χ4n) is 2.01. The summed E-state index contributed by atoms with van der Waals surface area (Å²) in [6.07, 6.45) is -3.37. The molecule has 0 aliphatic rings. The Kier molecular flexibility index (Phi) is 3.29. The van der Waals surface area contributed by atoms with Gasteiger partial charge in [0.15, 0.2) is 0 Å². The van der Waals surface area contributed by atoms with E-state index in [1.807, 2.05) is 0 Å². The molecule has 0 bridgehead atoms. The zero-order valence-corrected chi connectivity index (χ0v) is 10.7. The lowest BCUT2D eigenvalue weighted by Gasteiger charge is -2.12. The van der Waals surface area contributed by atoms with E-state index in [1.54, 1.807) is 0 Å². The van der Waals surface area contributed by atoms with Crippen LogP contribution in [0.1, 0.15) is 21.5 Å². The fraction of sp³-hybridized carbons (Fsp3) is 0.231. The lowest BCUT2D eigenvalue weighted by atomic mass is 10.0. The van der Waals surface area contributed by atoms with Crippen LogP contribution in [0, 0.1) is 6.92 Å². The second-order valence-electron chi connectivity index (χ2n) is 4.36. The maximum atomic E-state index is 12.9. The summed E-state index contributed by atoms with van der Waals surface area (Å²) in [5.74, 6) is -1.23. The van der Waals surface area contributed by atoms with Crippen LogP contribution in [-0.4, -0.2) is 20.9 Å². The van der Waals surface area contributed by atoms with Crippen LogP contribution >= 0.6 is 0 Å². The van der Waals surface area contributed by atoms with Crippen molar-refractivity contribution < 1.29 is 23.1 Å². The molecule has 1 N–H and O–H groups in total. The Morgan fingerprint density at radius 2 is 2.00 bits per heavy atom. The number of aromatic carboxylic acids is 1. The third kappa shape index (κ3) is 2.38. The van der Waals surface area contributed by atoms with E-state index in [0.717, 1.165) is 12.3 Å². The van der Waals surface area contributed by atoms with Gasteiger partial charge in [-0.25, -0.2) is 4.79 Å². The first-order valence-corrected chi connectivity index (χ1v) is 5.65. The Morgan fingerprint density at radius 3 is 2.55 bits per heavy atom. The highest BCUT2D eigenvalue weighted by Gasteiger charge is 2.33. The molecule has 0 atom stereocenters. The summed E-state index contributed by atoms with van der Waals surface area (Å²) in [5.41, 5.74) is -0.527. The molecule has 0 amide bonds. The predicted octanol–water partition coefficient (Wildman–Crippen LogP) is 3.11. The van der Waals surface area contributed by atoms with Gasteiger partial charge in [-0.3, -0.25) is 4.68 Å². The molecule has 0 spiro atoms. The minimum atomic E-state index is -4.48. The van der Waals surface area contributed by atoms with Gasteiger partial charge in [-0.1, -0.05) is 12.1 Å². The maximum Gasteiger partial charge on any atom is 0.416 e. The van der Waals surface area contributed by atoms with Crippen molar-refractivity contribution in [3.05, 3.63) is 41.1 Å². The molecular formula is C13H11F3N2O2. The Balaban J connectivity index is 2.66. The van der Waals surface area contributed by atoms with Gasteiger partial charge < -0.3 is 5.11 Å². The summed E-state index contributed by atoms with van der Waals surface area (Å²) < 4.78 is 39.9. The summed E-state index contributed by atoms with van der Waals surface area (Å²) >= 11 is 0. The summed E-state index contributed by atoms with van der Waals surface area (Å²) in [5, 5.41) is 12.8. The van der Waals surface area contributed by atoms with Crippen molar-refractivity contribution in [1.82, 2.24) is 9.78 Å². The van der Waals surface area contributed by atoms with Crippen molar-refractivity contribution in [2.75, 3.05) is 0 Å². The normalized spacial score (nSPS) is 11.7. The molecule has 0 aliphatic heterocycles. The number of hydrogen-bond donors (Lipinski definition) is 1. The van der Waals surface area contributed by atoms with Crippen LogP contribution in [0.3, 0.4) is 0 Å². The van der Waals surface area contributed by atoms with Crippen molar-refractivity contribution in [2.45, 2.75) is 13.1 Å². The van der Waals surface area contributed by atoms with Crippen LogP contribution < -0.4 is 0 Å². The molecule has 106 valence electrons. The quantitative estimate of drug-likeness (QED) is 0.921. The van der Waals surface area contributed by atoms with Gasteiger partial charge in [0.25, 0.3) is 0 Å². The minimum absolute atomic E-state index is 0.0836. The van der Waals surface area contributed by atoms with Crippen molar-refractivity contribution >= 4 is 5.97 Å². The van der Waals surface area contributed by atoms with E-state index in [2.05, 4.69) is 5.10 Å². The molecule has 0 aliphatic carbocycles. The summed E-state index contributed by atoms with van der Waals surface area (Å²) in [7, 11) is 1.48. The number of rotatable bonds is 2. The number of nitrogens with zero attached hydrogens (tertiary/aromatic N) is 2. The Morgan fingerprint density at radius 1 is 1.35 bits per heavy atom. The molecule has 1 heterocycles. The van der Waals surface area contributed by atoms with E-state index < -0.39 is 17.7 Å². The second kappa shape index (κ2) is 4.66. The third-order valence-corrected chi connectivity index (χ3v) is 2.99. The number of aromatic nitrogens is 2. The molecule has 0 radical (unpaired) electrons. The molecule has 1 aromatic carbocycles. The van der Waals surface area contributed by atoms with E-state index in [-0.39, 0.29) is 22.4 Å². The monoisotopic (exact) mass is 284 g/mol. The SMILES string of the molecule is Cc1ccc(-c2c(C(=O)O)cnn2C)cc1C(F)(F)F. The average Bonchev–Trinajstić information content (AvgIpc) is 2.70. The number of alkyl halides is 3. The molecule has 0 unspecified atom stereocenters. The fourth-order valence-corrected chi connectivity index (χ4v) is 2.01. The Hall–Kier alpha value is -2.31. The summed E-state index contributed by atoms with van der Waals surface area (Å²) in [6.45, 7) is 1.36. The van der Waals surface area contributed by atoms with E-state index in [1.165, 1.54) is 30.8 Å². The molecule has 2 aromatic rings. The van der Waals surface area contributed by atoms with E-state index >= 15 is 0 Å². The first-order chi connectivity index (χ1) is 9.21. The number of benzene rings is 1. The number of carboxylic acid groups (broad SMARTS) is 1. The maximum absolute atomic E-state index is 12.9. The Bertz CT molecular complexity index is 675. The van der Waals surface area contributed by atoms with Gasteiger partial charge in [-0.05, 0) is 18.6 Å². The predicted molar refractivity (Wildman–Crippen MR) is 65.3 cm³/mol. The van der Waals surface area contributed by atoms with Crippen molar-refractivity contribution in [3.8, 4) is 11.3 Å². The highest BCUT2D eigenvalue weighted by atomic mass is 19.4. The zero-order valence-electron chi connectivity index (χ0n) is 10.7. The van der Waals surface area contributed by atoms with Crippen LogP contribution in [0.15, 0.2) is 24.4 Å². The molecule has 20 heavy (non-hydrogen) atoms. The van der Waals surface area contributed by atoms with Crippen LogP contribution in [0.5, 0.6) is 0 Å². The molecule has 4 nitrogen and oxygen atoms in total. The van der Waals surface area contributed by atoms with Gasteiger partial charge in [0.2, 0.25) is 0 Å². The number of carboxylic acids is 1. The van der Waals surface area contributed by atoms with Gasteiger partial charge >= 0.3 is 12.1 Å². The van der Waals surface area contributed by atoms with Crippen molar-refractivity contribution in [1.29, 1.82) is 0 Å². The molecule has 0 fully saturated rings. The highest BCUT2D eigenvalue weighted by Crippen LogP contribution is 2.35. The molecule has 7 heteroatoms. The molecular weight excluding hydrogens is 273 g/mol. The molecule has 2 rings (SSSR count). The summed E-state index contributed by atoms with van der Waals surface area (Å²) in [4.78, 5) is 11.1. The number of carbonyl (C=O) groups is 1. The summed E-state index contributed by atoms with van der Waals surface area (Å²) in [6, 6.07) is 3.71. The topological polar surface area (TPSA) is 55.1 Å². The van der Waals surface area contributed by atoms with Crippen LogP contribution in [-0.2, 0) is 13.2 Å². The van der Waals surface area contributed by atoms with E-state index in [4.69, 9.17) is 5.11 Å². The van der Waals surface area contributed by atoms with Crippen LogP contribution in [0.2, 0.25) is 0 Å². The minimum Gasteiger partial charge on any atom is -0.478 e. The van der Waals surface area contributed by atoms with E-state index in [0.29, 0.717) is 0 Å². The van der Waals surface area contributed by atoms with E-state index in [9.17, 15) is 18.0 Å². The van der Waals surface area contributed by atoms with Gasteiger partial charge in [0.05, 0.1) is 17.5 Å². The lowest BCUT2D eigenvalue weighted by molar-refractivity contribution is -0.138. The first kappa shape index (κ1) is 14.1.